The van der Waals surface area contributed by atoms with E-state index in [2.05, 4.69) is 36.6 Å². The third-order valence-electron chi connectivity index (χ3n) is 3.60. The standard InChI is InChI=1S/C19H24N2O2/c1-4-23-17-11-6-5-10-16(17)21-18(22)12-13-20-19-14(2)8-7-9-15(19)3/h5-11,20H,4,12-13H2,1-3H3,(H,21,22). The molecule has 0 aliphatic heterocycles. The summed E-state index contributed by atoms with van der Waals surface area (Å²) in [5, 5.41) is 6.25. The van der Waals surface area contributed by atoms with Crippen LogP contribution in [0.15, 0.2) is 42.5 Å². The maximum atomic E-state index is 12.1. The summed E-state index contributed by atoms with van der Waals surface area (Å²) >= 11 is 0. The summed E-state index contributed by atoms with van der Waals surface area (Å²) in [6.07, 6.45) is 0.397. The van der Waals surface area contributed by atoms with Crippen molar-refractivity contribution in [3.8, 4) is 5.75 Å². The number of rotatable bonds is 7. The van der Waals surface area contributed by atoms with Crippen LogP contribution in [0.1, 0.15) is 24.5 Å². The number of ether oxygens (including phenoxy) is 1. The minimum Gasteiger partial charge on any atom is -0.492 e. The Morgan fingerprint density at radius 3 is 2.43 bits per heavy atom. The number of benzene rings is 2. The van der Waals surface area contributed by atoms with Gasteiger partial charge in [-0.15, -0.1) is 0 Å². The van der Waals surface area contributed by atoms with Crippen molar-refractivity contribution in [1.82, 2.24) is 0 Å². The summed E-state index contributed by atoms with van der Waals surface area (Å²) in [4.78, 5) is 12.1. The van der Waals surface area contributed by atoms with Crippen molar-refractivity contribution in [3.63, 3.8) is 0 Å². The van der Waals surface area contributed by atoms with Crippen molar-refractivity contribution >= 4 is 17.3 Å². The average molecular weight is 312 g/mol. The third kappa shape index (κ3) is 4.74. The molecule has 4 heteroatoms. The van der Waals surface area contributed by atoms with Crippen LogP contribution in [-0.4, -0.2) is 19.1 Å². The van der Waals surface area contributed by atoms with Gasteiger partial charge in [0, 0.05) is 18.7 Å². The van der Waals surface area contributed by atoms with Gasteiger partial charge in [-0.3, -0.25) is 4.79 Å². The Morgan fingerprint density at radius 1 is 1.04 bits per heavy atom. The van der Waals surface area contributed by atoms with Gasteiger partial charge in [-0.2, -0.15) is 0 Å². The monoisotopic (exact) mass is 312 g/mol. The molecule has 0 atom stereocenters. The van der Waals surface area contributed by atoms with E-state index in [9.17, 15) is 4.79 Å². The fourth-order valence-electron chi connectivity index (χ4n) is 2.46. The van der Waals surface area contributed by atoms with E-state index in [1.54, 1.807) is 0 Å². The van der Waals surface area contributed by atoms with Crippen molar-refractivity contribution in [2.75, 3.05) is 23.8 Å². The second kappa shape index (κ2) is 8.22. The first kappa shape index (κ1) is 16.9. The molecule has 2 rings (SSSR count). The van der Waals surface area contributed by atoms with Gasteiger partial charge in [-0.25, -0.2) is 0 Å². The lowest BCUT2D eigenvalue weighted by Crippen LogP contribution is -2.17. The summed E-state index contributed by atoms with van der Waals surface area (Å²) in [6.45, 7) is 7.21. The number of carbonyl (C=O) groups excluding carboxylic acids is 1. The number of amides is 1. The maximum Gasteiger partial charge on any atom is 0.226 e. The smallest absolute Gasteiger partial charge is 0.226 e. The molecule has 0 radical (unpaired) electrons. The van der Waals surface area contributed by atoms with Crippen LogP contribution in [0.3, 0.4) is 0 Å². The molecule has 23 heavy (non-hydrogen) atoms. The molecular formula is C19H24N2O2. The summed E-state index contributed by atoms with van der Waals surface area (Å²) in [6, 6.07) is 13.6. The van der Waals surface area contributed by atoms with E-state index >= 15 is 0 Å². The molecule has 122 valence electrons. The van der Waals surface area contributed by atoms with Gasteiger partial charge >= 0.3 is 0 Å². The zero-order chi connectivity index (χ0) is 16.7. The van der Waals surface area contributed by atoms with Crippen LogP contribution in [0.4, 0.5) is 11.4 Å². The van der Waals surface area contributed by atoms with E-state index in [0.29, 0.717) is 31.0 Å². The topological polar surface area (TPSA) is 50.4 Å². The Bertz CT molecular complexity index is 648. The predicted octanol–water partition coefficient (Wildman–Crippen LogP) is 4.14. The second-order valence-corrected chi connectivity index (χ2v) is 5.42. The van der Waals surface area contributed by atoms with E-state index < -0.39 is 0 Å². The summed E-state index contributed by atoms with van der Waals surface area (Å²) < 4.78 is 5.51. The van der Waals surface area contributed by atoms with E-state index in [1.165, 1.54) is 11.1 Å². The normalized spacial score (nSPS) is 10.2. The first-order valence-corrected chi connectivity index (χ1v) is 7.93. The maximum absolute atomic E-state index is 12.1. The van der Waals surface area contributed by atoms with E-state index in [4.69, 9.17) is 4.74 Å². The second-order valence-electron chi connectivity index (χ2n) is 5.42. The molecule has 1 amide bonds. The van der Waals surface area contributed by atoms with Crippen molar-refractivity contribution in [1.29, 1.82) is 0 Å². The largest absolute Gasteiger partial charge is 0.492 e. The lowest BCUT2D eigenvalue weighted by Gasteiger charge is -2.13. The van der Waals surface area contributed by atoms with E-state index in [-0.39, 0.29) is 5.91 Å². The minimum atomic E-state index is -0.0316. The summed E-state index contributed by atoms with van der Waals surface area (Å²) in [5.41, 5.74) is 4.20. The van der Waals surface area contributed by atoms with Crippen molar-refractivity contribution in [2.45, 2.75) is 27.2 Å². The molecule has 2 N–H and O–H groups in total. The third-order valence-corrected chi connectivity index (χ3v) is 3.60. The van der Waals surface area contributed by atoms with Crippen LogP contribution >= 0.6 is 0 Å². The lowest BCUT2D eigenvalue weighted by molar-refractivity contribution is -0.116. The molecule has 2 aromatic rings. The van der Waals surface area contributed by atoms with Gasteiger partial charge < -0.3 is 15.4 Å². The quantitative estimate of drug-likeness (QED) is 0.808. The van der Waals surface area contributed by atoms with E-state index in [1.807, 2.05) is 37.3 Å². The number of hydrogen-bond donors (Lipinski definition) is 2. The molecule has 2 aromatic carbocycles. The van der Waals surface area contributed by atoms with Crippen LogP contribution in [0.5, 0.6) is 5.75 Å². The van der Waals surface area contributed by atoms with Gasteiger partial charge in [0.1, 0.15) is 5.75 Å². The number of anilines is 2. The van der Waals surface area contributed by atoms with Gasteiger partial charge in [0.05, 0.1) is 12.3 Å². The van der Waals surface area contributed by atoms with Crippen LogP contribution in [0.25, 0.3) is 0 Å². The number of aryl methyl sites for hydroxylation is 2. The Hall–Kier alpha value is -2.49. The molecule has 0 fully saturated rings. The van der Waals surface area contributed by atoms with Crippen molar-refractivity contribution < 1.29 is 9.53 Å². The van der Waals surface area contributed by atoms with E-state index in [0.717, 1.165) is 5.69 Å². The summed E-state index contributed by atoms with van der Waals surface area (Å²) in [7, 11) is 0. The predicted molar refractivity (Wildman–Crippen MR) is 95.3 cm³/mol. The highest BCUT2D eigenvalue weighted by Crippen LogP contribution is 2.24. The number of para-hydroxylation sites is 3. The van der Waals surface area contributed by atoms with Gasteiger partial charge in [-0.05, 0) is 44.0 Å². The first-order valence-electron chi connectivity index (χ1n) is 7.93. The number of hydrogen-bond acceptors (Lipinski definition) is 3. The lowest BCUT2D eigenvalue weighted by atomic mass is 10.1. The Kier molecular flexibility index (Phi) is 6.03. The average Bonchev–Trinajstić information content (AvgIpc) is 2.52. The molecule has 0 saturated heterocycles. The van der Waals surface area contributed by atoms with Crippen molar-refractivity contribution in [3.05, 3.63) is 53.6 Å². The Morgan fingerprint density at radius 2 is 1.74 bits per heavy atom. The van der Waals surface area contributed by atoms with Crippen LogP contribution < -0.4 is 15.4 Å². The number of nitrogens with one attached hydrogen (secondary N) is 2. The molecule has 0 heterocycles. The number of carbonyl (C=O) groups is 1. The molecule has 0 saturated carbocycles. The fourth-order valence-corrected chi connectivity index (χ4v) is 2.46. The molecule has 0 unspecified atom stereocenters. The molecule has 4 nitrogen and oxygen atoms in total. The molecule has 0 spiro atoms. The molecule has 0 aliphatic carbocycles. The van der Waals surface area contributed by atoms with Crippen LogP contribution in [0.2, 0.25) is 0 Å². The Balaban J connectivity index is 1.89. The Labute approximate surface area is 137 Å². The fraction of sp³-hybridized carbons (Fsp3) is 0.316. The van der Waals surface area contributed by atoms with Crippen LogP contribution in [0, 0.1) is 13.8 Å². The van der Waals surface area contributed by atoms with Gasteiger partial charge in [0.2, 0.25) is 5.91 Å². The van der Waals surface area contributed by atoms with Gasteiger partial charge in [-0.1, -0.05) is 30.3 Å². The minimum absolute atomic E-state index is 0.0316. The molecule has 0 aromatic heterocycles. The molecule has 0 aliphatic rings. The van der Waals surface area contributed by atoms with Crippen LogP contribution in [-0.2, 0) is 4.79 Å². The zero-order valence-corrected chi connectivity index (χ0v) is 14.0. The van der Waals surface area contributed by atoms with Crippen molar-refractivity contribution in [2.24, 2.45) is 0 Å². The first-order chi connectivity index (χ1) is 11.1. The van der Waals surface area contributed by atoms with Gasteiger partial charge in [0.15, 0.2) is 0 Å². The molecular weight excluding hydrogens is 288 g/mol. The highest BCUT2D eigenvalue weighted by atomic mass is 16.5. The molecule has 0 bridgehead atoms. The zero-order valence-electron chi connectivity index (χ0n) is 14.0. The SMILES string of the molecule is CCOc1ccccc1NC(=O)CCNc1c(C)cccc1C. The highest BCUT2D eigenvalue weighted by Gasteiger charge is 2.08. The highest BCUT2D eigenvalue weighted by molar-refractivity contribution is 5.92. The van der Waals surface area contributed by atoms with Gasteiger partial charge in [0.25, 0.3) is 0 Å². The summed E-state index contributed by atoms with van der Waals surface area (Å²) in [5.74, 6) is 0.668.